The number of aromatic nitrogens is 2. The van der Waals surface area contributed by atoms with E-state index < -0.39 is 5.60 Å². The molecule has 1 aliphatic rings. The molecule has 7 heteroatoms. The van der Waals surface area contributed by atoms with E-state index >= 15 is 0 Å². The zero-order valence-electron chi connectivity index (χ0n) is 13.8. The van der Waals surface area contributed by atoms with Crippen LogP contribution in [0, 0.1) is 5.82 Å². The van der Waals surface area contributed by atoms with Crippen LogP contribution >= 0.6 is 0 Å². The Morgan fingerprint density at radius 1 is 1.25 bits per heavy atom. The summed E-state index contributed by atoms with van der Waals surface area (Å²) in [5.41, 5.74) is -0.253. The molecule has 1 aromatic carbocycles. The molecule has 6 nitrogen and oxygen atoms in total. The standard InChI is InChI=1S/C17H21FN4O2/c1-17(2,24)16(23)22-9-7-21(8-10-22)15-11-14(19-20-15)12-5-3-4-6-13(12)18/h3-6,11,24H,7-10H2,1-2H3,(H,19,20). The average molecular weight is 332 g/mol. The Labute approximate surface area is 139 Å². The molecule has 0 atom stereocenters. The second-order valence-corrected chi connectivity index (χ2v) is 6.46. The van der Waals surface area contributed by atoms with Crippen molar-refractivity contribution in [1.82, 2.24) is 15.1 Å². The highest BCUT2D eigenvalue weighted by Crippen LogP contribution is 2.25. The van der Waals surface area contributed by atoms with Crippen molar-refractivity contribution in [1.29, 1.82) is 0 Å². The lowest BCUT2D eigenvalue weighted by Gasteiger charge is -2.37. The summed E-state index contributed by atoms with van der Waals surface area (Å²) in [6.45, 7) is 5.26. The predicted octanol–water partition coefficient (Wildman–Crippen LogP) is 1.64. The Morgan fingerprint density at radius 3 is 2.54 bits per heavy atom. The van der Waals surface area contributed by atoms with Gasteiger partial charge in [-0.05, 0) is 26.0 Å². The first-order chi connectivity index (χ1) is 11.4. The topological polar surface area (TPSA) is 72.5 Å². The van der Waals surface area contributed by atoms with Crippen LogP contribution in [0.1, 0.15) is 13.8 Å². The van der Waals surface area contributed by atoms with Gasteiger partial charge in [0.2, 0.25) is 0 Å². The number of aromatic amines is 1. The second-order valence-electron chi connectivity index (χ2n) is 6.46. The summed E-state index contributed by atoms with van der Waals surface area (Å²) in [5.74, 6) is 0.160. The summed E-state index contributed by atoms with van der Waals surface area (Å²) in [6.07, 6.45) is 0. The summed E-state index contributed by atoms with van der Waals surface area (Å²) in [5, 5.41) is 16.9. The molecule has 2 heterocycles. The van der Waals surface area contributed by atoms with Crippen LogP contribution in [-0.2, 0) is 4.79 Å². The van der Waals surface area contributed by atoms with Gasteiger partial charge in [0.25, 0.3) is 5.91 Å². The Bertz CT molecular complexity index is 730. The predicted molar refractivity (Wildman–Crippen MR) is 89.1 cm³/mol. The molecule has 3 rings (SSSR count). The molecule has 0 bridgehead atoms. The van der Waals surface area contributed by atoms with Crippen molar-refractivity contribution in [3.63, 3.8) is 0 Å². The van der Waals surface area contributed by atoms with Gasteiger partial charge in [-0.15, -0.1) is 0 Å². The van der Waals surface area contributed by atoms with Crippen LogP contribution < -0.4 is 4.90 Å². The first kappa shape index (κ1) is 16.4. The molecular formula is C17H21FN4O2. The van der Waals surface area contributed by atoms with Crippen LogP contribution in [0.4, 0.5) is 10.2 Å². The smallest absolute Gasteiger partial charge is 0.254 e. The van der Waals surface area contributed by atoms with Crippen molar-refractivity contribution in [2.75, 3.05) is 31.1 Å². The normalized spacial score (nSPS) is 15.7. The van der Waals surface area contributed by atoms with E-state index in [1.165, 1.54) is 19.9 Å². The van der Waals surface area contributed by atoms with E-state index in [-0.39, 0.29) is 11.7 Å². The van der Waals surface area contributed by atoms with E-state index in [0.29, 0.717) is 37.4 Å². The van der Waals surface area contributed by atoms with Gasteiger partial charge in [-0.1, -0.05) is 12.1 Å². The minimum atomic E-state index is -1.35. The number of H-pyrrole nitrogens is 1. The molecular weight excluding hydrogens is 311 g/mol. The Kier molecular flexibility index (Phi) is 4.28. The summed E-state index contributed by atoms with van der Waals surface area (Å²) < 4.78 is 13.8. The highest BCUT2D eigenvalue weighted by atomic mass is 19.1. The lowest BCUT2D eigenvalue weighted by molar-refractivity contribution is -0.148. The molecule has 0 radical (unpaired) electrons. The Morgan fingerprint density at radius 2 is 1.92 bits per heavy atom. The fourth-order valence-corrected chi connectivity index (χ4v) is 2.82. The van der Waals surface area contributed by atoms with Crippen molar-refractivity contribution >= 4 is 11.7 Å². The summed E-state index contributed by atoms with van der Waals surface area (Å²) in [6, 6.07) is 8.35. The van der Waals surface area contributed by atoms with Gasteiger partial charge in [0.15, 0.2) is 5.82 Å². The molecule has 0 saturated carbocycles. The molecule has 0 aliphatic carbocycles. The van der Waals surface area contributed by atoms with Crippen molar-refractivity contribution in [3.05, 3.63) is 36.1 Å². The number of piperazine rings is 1. The number of benzene rings is 1. The zero-order chi connectivity index (χ0) is 17.3. The molecule has 1 aromatic heterocycles. The van der Waals surface area contributed by atoms with Gasteiger partial charge in [0, 0.05) is 37.8 Å². The van der Waals surface area contributed by atoms with Gasteiger partial charge < -0.3 is 14.9 Å². The fourth-order valence-electron chi connectivity index (χ4n) is 2.82. The van der Waals surface area contributed by atoms with Crippen LogP contribution in [0.2, 0.25) is 0 Å². The molecule has 1 saturated heterocycles. The van der Waals surface area contributed by atoms with Crippen molar-refractivity contribution in [3.8, 4) is 11.3 Å². The lowest BCUT2D eigenvalue weighted by Crippen LogP contribution is -2.54. The summed E-state index contributed by atoms with van der Waals surface area (Å²) in [7, 11) is 0. The number of nitrogens with one attached hydrogen (secondary N) is 1. The first-order valence-electron chi connectivity index (χ1n) is 7.93. The van der Waals surface area contributed by atoms with Gasteiger partial charge in [-0.3, -0.25) is 9.89 Å². The number of rotatable bonds is 3. The van der Waals surface area contributed by atoms with Gasteiger partial charge in [-0.2, -0.15) is 5.10 Å². The van der Waals surface area contributed by atoms with Gasteiger partial charge in [0.05, 0.1) is 5.69 Å². The number of aliphatic hydroxyl groups is 1. The third-order valence-electron chi connectivity index (χ3n) is 4.14. The number of nitrogens with zero attached hydrogens (tertiary/aromatic N) is 3. The third kappa shape index (κ3) is 3.26. The maximum absolute atomic E-state index is 13.8. The SMILES string of the molecule is CC(C)(O)C(=O)N1CCN(c2cc(-c3ccccc3F)[nH]n2)CC1. The van der Waals surface area contributed by atoms with E-state index in [1.54, 1.807) is 23.1 Å². The number of amides is 1. The number of halogens is 1. The third-order valence-corrected chi connectivity index (χ3v) is 4.14. The molecule has 2 aromatic rings. The minimum absolute atomic E-state index is 0.267. The van der Waals surface area contributed by atoms with Crippen LogP contribution in [0.15, 0.2) is 30.3 Å². The number of anilines is 1. The van der Waals surface area contributed by atoms with E-state index in [1.807, 2.05) is 11.0 Å². The van der Waals surface area contributed by atoms with Crippen LogP contribution in [0.25, 0.3) is 11.3 Å². The molecule has 2 N–H and O–H groups in total. The highest BCUT2D eigenvalue weighted by Gasteiger charge is 2.31. The van der Waals surface area contributed by atoms with Gasteiger partial charge >= 0.3 is 0 Å². The number of hydrogen-bond acceptors (Lipinski definition) is 4. The maximum atomic E-state index is 13.8. The highest BCUT2D eigenvalue weighted by molar-refractivity contribution is 5.84. The summed E-state index contributed by atoms with van der Waals surface area (Å²) in [4.78, 5) is 15.8. The van der Waals surface area contributed by atoms with Gasteiger partial charge in [-0.25, -0.2) is 4.39 Å². The molecule has 1 fully saturated rings. The first-order valence-corrected chi connectivity index (χ1v) is 7.93. The Balaban J connectivity index is 1.68. The van der Waals surface area contributed by atoms with Gasteiger partial charge in [0.1, 0.15) is 11.4 Å². The molecule has 24 heavy (non-hydrogen) atoms. The number of carbonyl (C=O) groups excluding carboxylic acids is 1. The molecule has 0 spiro atoms. The van der Waals surface area contributed by atoms with Crippen LogP contribution in [-0.4, -0.2) is 57.9 Å². The summed E-state index contributed by atoms with van der Waals surface area (Å²) >= 11 is 0. The fraction of sp³-hybridized carbons (Fsp3) is 0.412. The van der Waals surface area contributed by atoms with Crippen molar-refractivity contribution in [2.24, 2.45) is 0 Å². The largest absolute Gasteiger partial charge is 0.381 e. The monoisotopic (exact) mass is 332 g/mol. The van der Waals surface area contributed by atoms with Crippen molar-refractivity contribution < 1.29 is 14.3 Å². The Hall–Kier alpha value is -2.41. The number of carbonyl (C=O) groups is 1. The van der Waals surface area contributed by atoms with Crippen molar-refractivity contribution in [2.45, 2.75) is 19.4 Å². The molecule has 128 valence electrons. The maximum Gasteiger partial charge on any atom is 0.254 e. The number of hydrogen-bond donors (Lipinski definition) is 2. The van der Waals surface area contributed by atoms with E-state index in [0.717, 1.165) is 5.82 Å². The molecule has 1 amide bonds. The van der Waals surface area contributed by atoms with E-state index in [4.69, 9.17) is 0 Å². The second kappa shape index (κ2) is 6.24. The molecule has 0 unspecified atom stereocenters. The van der Waals surface area contributed by atoms with Crippen LogP contribution in [0.5, 0.6) is 0 Å². The van der Waals surface area contributed by atoms with E-state index in [9.17, 15) is 14.3 Å². The molecule has 1 aliphatic heterocycles. The quantitative estimate of drug-likeness (QED) is 0.896. The van der Waals surface area contributed by atoms with Crippen LogP contribution in [0.3, 0.4) is 0 Å². The zero-order valence-corrected chi connectivity index (χ0v) is 13.8. The lowest BCUT2D eigenvalue weighted by atomic mass is 10.1. The average Bonchev–Trinajstić information content (AvgIpc) is 3.03. The minimum Gasteiger partial charge on any atom is -0.381 e. The van der Waals surface area contributed by atoms with E-state index in [2.05, 4.69) is 10.2 Å².